The second kappa shape index (κ2) is 14.6. The molecule has 0 unspecified atom stereocenters. The van der Waals surface area contributed by atoms with Gasteiger partial charge < -0.3 is 0 Å². The third-order valence-electron chi connectivity index (χ3n) is 3.02. The normalized spacial score (nSPS) is 8.83. The Labute approximate surface area is 142 Å². The van der Waals surface area contributed by atoms with Crippen molar-refractivity contribution in [1.29, 1.82) is 0 Å². The molecule has 0 heterocycles. The van der Waals surface area contributed by atoms with E-state index in [0.29, 0.717) is 0 Å². The zero-order chi connectivity index (χ0) is 17.3. The van der Waals surface area contributed by atoms with E-state index in [9.17, 15) is 0 Å². The minimum absolute atomic E-state index is 0.831. The monoisotopic (exact) mass is 306 g/mol. The van der Waals surface area contributed by atoms with Crippen molar-refractivity contribution in [3.8, 4) is 0 Å². The summed E-state index contributed by atoms with van der Waals surface area (Å²) >= 11 is 0. The van der Waals surface area contributed by atoms with Gasteiger partial charge in [-0.15, -0.1) is 6.58 Å². The lowest BCUT2D eigenvalue weighted by molar-refractivity contribution is 0.595. The maximum Gasteiger partial charge on any atom is -0.0263 e. The molecule has 0 atom stereocenters. The van der Waals surface area contributed by atoms with Gasteiger partial charge in [0, 0.05) is 0 Å². The molecule has 0 fully saturated rings. The van der Waals surface area contributed by atoms with E-state index in [-0.39, 0.29) is 0 Å². The summed E-state index contributed by atoms with van der Waals surface area (Å²) in [6, 6.07) is 20.1. The zero-order valence-corrected chi connectivity index (χ0v) is 14.6. The van der Waals surface area contributed by atoms with Gasteiger partial charge >= 0.3 is 0 Å². The second-order valence-corrected chi connectivity index (χ2v) is 5.49. The standard InChI is InChI=1S/2C8H8.C7H14/c2*1-2-8-6-4-3-5-7-8;1-4-5-6-7(2)3/h2*2-7H,1H2;4,7H,1,5-6H2,2-3H3. The summed E-state index contributed by atoms with van der Waals surface area (Å²) in [6.45, 7) is 15.3. The Balaban J connectivity index is 0.000000317. The number of rotatable bonds is 5. The molecule has 0 spiro atoms. The molecule has 0 saturated carbocycles. The second-order valence-electron chi connectivity index (χ2n) is 5.49. The third kappa shape index (κ3) is 13.1. The molecule has 2 aromatic rings. The van der Waals surface area contributed by atoms with Gasteiger partial charge in [-0.25, -0.2) is 0 Å². The smallest absolute Gasteiger partial charge is 0.0263 e. The molecule has 0 radical (unpaired) electrons. The largest absolute Gasteiger partial charge is 0.103 e. The van der Waals surface area contributed by atoms with Crippen LogP contribution < -0.4 is 0 Å². The van der Waals surface area contributed by atoms with E-state index in [2.05, 4.69) is 33.6 Å². The van der Waals surface area contributed by atoms with Crippen LogP contribution in [0.3, 0.4) is 0 Å². The Morgan fingerprint density at radius 1 is 0.739 bits per heavy atom. The molecule has 0 N–H and O–H groups in total. The number of hydrogen-bond donors (Lipinski definition) is 0. The molecule has 23 heavy (non-hydrogen) atoms. The topological polar surface area (TPSA) is 0 Å². The van der Waals surface area contributed by atoms with Crippen molar-refractivity contribution in [2.24, 2.45) is 5.92 Å². The Morgan fingerprint density at radius 3 is 1.30 bits per heavy atom. The van der Waals surface area contributed by atoms with E-state index < -0.39 is 0 Å². The minimum Gasteiger partial charge on any atom is -0.103 e. The highest BCUT2D eigenvalue weighted by Crippen LogP contribution is 2.02. The average molecular weight is 306 g/mol. The summed E-state index contributed by atoms with van der Waals surface area (Å²) in [4.78, 5) is 0. The van der Waals surface area contributed by atoms with Crippen molar-refractivity contribution in [1.82, 2.24) is 0 Å². The van der Waals surface area contributed by atoms with Crippen molar-refractivity contribution < 1.29 is 0 Å². The van der Waals surface area contributed by atoms with Crippen molar-refractivity contribution in [2.45, 2.75) is 26.7 Å². The first-order chi connectivity index (χ1) is 11.1. The molecule has 0 amide bonds. The van der Waals surface area contributed by atoms with E-state index in [4.69, 9.17) is 0 Å². The minimum atomic E-state index is 0.831. The average Bonchev–Trinajstić information content (AvgIpc) is 2.62. The highest BCUT2D eigenvalue weighted by atomic mass is 13.9. The Kier molecular flexibility index (Phi) is 13.1. The lowest BCUT2D eigenvalue weighted by Gasteiger charge is -1.96. The van der Waals surface area contributed by atoms with E-state index in [1.165, 1.54) is 17.5 Å². The summed E-state index contributed by atoms with van der Waals surface area (Å²) in [6.07, 6.45) is 8.08. The van der Waals surface area contributed by atoms with E-state index in [0.717, 1.165) is 12.3 Å². The van der Waals surface area contributed by atoms with Crippen LogP contribution >= 0.6 is 0 Å². The molecular weight excluding hydrogens is 276 g/mol. The lowest BCUT2D eigenvalue weighted by atomic mass is 10.1. The maximum absolute atomic E-state index is 3.63. The zero-order valence-electron chi connectivity index (χ0n) is 14.6. The van der Waals surface area contributed by atoms with Crippen LogP contribution in [0.5, 0.6) is 0 Å². The number of hydrogen-bond acceptors (Lipinski definition) is 0. The molecule has 0 aliphatic carbocycles. The lowest BCUT2D eigenvalue weighted by Crippen LogP contribution is -1.82. The number of allylic oxidation sites excluding steroid dienone is 1. The van der Waals surface area contributed by atoms with Crippen LogP contribution in [-0.4, -0.2) is 0 Å². The molecule has 0 aromatic heterocycles. The quantitative estimate of drug-likeness (QED) is 0.509. The van der Waals surface area contributed by atoms with Crippen molar-refractivity contribution >= 4 is 12.2 Å². The molecule has 0 aliphatic rings. The molecule has 122 valence electrons. The van der Waals surface area contributed by atoms with Gasteiger partial charge in [0.1, 0.15) is 0 Å². The first-order valence-corrected chi connectivity index (χ1v) is 8.09. The van der Waals surface area contributed by atoms with Gasteiger partial charge in [-0.2, -0.15) is 0 Å². The molecule has 0 nitrogen and oxygen atoms in total. The summed E-state index contributed by atoms with van der Waals surface area (Å²) in [5.41, 5.74) is 2.35. The van der Waals surface area contributed by atoms with Crippen molar-refractivity contribution in [2.75, 3.05) is 0 Å². The van der Waals surface area contributed by atoms with Crippen LogP contribution in [0.2, 0.25) is 0 Å². The van der Waals surface area contributed by atoms with Crippen LogP contribution in [-0.2, 0) is 0 Å². The van der Waals surface area contributed by atoms with Gasteiger partial charge in [0.15, 0.2) is 0 Å². The highest BCUT2D eigenvalue weighted by Gasteiger charge is 1.87. The molecule has 0 aliphatic heterocycles. The third-order valence-corrected chi connectivity index (χ3v) is 3.02. The molecule has 0 heteroatoms. The molecule has 2 rings (SSSR count). The van der Waals surface area contributed by atoms with Gasteiger partial charge in [-0.1, -0.05) is 106 Å². The molecular formula is C23H30. The Bertz CT molecular complexity index is 477. The van der Waals surface area contributed by atoms with Crippen molar-refractivity contribution in [3.63, 3.8) is 0 Å². The van der Waals surface area contributed by atoms with E-state index in [1.807, 2.05) is 78.9 Å². The van der Waals surface area contributed by atoms with Gasteiger partial charge in [0.2, 0.25) is 0 Å². The van der Waals surface area contributed by atoms with Crippen LogP contribution in [0.15, 0.2) is 86.5 Å². The van der Waals surface area contributed by atoms with Crippen LogP contribution in [0, 0.1) is 5.92 Å². The first kappa shape index (κ1) is 20.7. The van der Waals surface area contributed by atoms with Gasteiger partial charge in [0.05, 0.1) is 0 Å². The first-order valence-electron chi connectivity index (χ1n) is 8.09. The molecule has 2 aromatic carbocycles. The van der Waals surface area contributed by atoms with Gasteiger partial charge in [0.25, 0.3) is 0 Å². The Hall–Kier alpha value is -2.34. The summed E-state index contributed by atoms with van der Waals surface area (Å²) in [5, 5.41) is 0. The predicted molar refractivity (Wildman–Crippen MR) is 107 cm³/mol. The molecule has 0 saturated heterocycles. The van der Waals surface area contributed by atoms with Crippen LogP contribution in [0.25, 0.3) is 12.2 Å². The fraction of sp³-hybridized carbons (Fsp3) is 0.217. The summed E-state index contributed by atoms with van der Waals surface area (Å²) in [5.74, 6) is 0.831. The van der Waals surface area contributed by atoms with E-state index in [1.54, 1.807) is 0 Å². The number of benzene rings is 2. The van der Waals surface area contributed by atoms with Gasteiger partial charge in [-0.3, -0.25) is 0 Å². The molecule has 0 bridgehead atoms. The summed E-state index contributed by atoms with van der Waals surface area (Å²) in [7, 11) is 0. The van der Waals surface area contributed by atoms with Crippen molar-refractivity contribution in [3.05, 3.63) is 97.6 Å². The SMILES string of the molecule is C=CCCC(C)C.C=Cc1ccccc1.C=Cc1ccccc1. The van der Waals surface area contributed by atoms with Crippen LogP contribution in [0.4, 0.5) is 0 Å². The predicted octanol–water partition coefficient (Wildman–Crippen LogP) is 7.27. The fourth-order valence-corrected chi connectivity index (χ4v) is 1.63. The summed E-state index contributed by atoms with van der Waals surface area (Å²) < 4.78 is 0. The Morgan fingerprint density at radius 2 is 1.13 bits per heavy atom. The van der Waals surface area contributed by atoms with E-state index >= 15 is 0 Å². The highest BCUT2D eigenvalue weighted by molar-refractivity contribution is 5.46. The maximum atomic E-state index is 3.63. The fourth-order valence-electron chi connectivity index (χ4n) is 1.63. The van der Waals surface area contributed by atoms with Crippen LogP contribution in [0.1, 0.15) is 37.8 Å². The van der Waals surface area contributed by atoms with Gasteiger partial charge in [-0.05, 0) is 29.9 Å².